The molecule has 0 saturated carbocycles. The van der Waals surface area contributed by atoms with Crippen molar-refractivity contribution in [1.82, 2.24) is 10.6 Å². The first-order chi connectivity index (χ1) is 10.0. The Balaban J connectivity index is 2.12. The van der Waals surface area contributed by atoms with E-state index >= 15 is 0 Å². The monoisotopic (exact) mass is 304 g/mol. The molecule has 1 heterocycles. The van der Waals surface area contributed by atoms with Crippen molar-refractivity contribution in [2.24, 2.45) is 0 Å². The van der Waals surface area contributed by atoms with Crippen LogP contribution < -0.4 is 10.6 Å². The van der Waals surface area contributed by atoms with Gasteiger partial charge in [0.05, 0.1) is 4.88 Å². The van der Waals surface area contributed by atoms with Crippen LogP contribution in [0.25, 0.3) is 10.1 Å². The molecule has 2 aromatic rings. The summed E-state index contributed by atoms with van der Waals surface area (Å²) in [5.41, 5.74) is 0.967. The molecule has 0 radical (unpaired) electrons. The Morgan fingerprint density at radius 3 is 2.67 bits per heavy atom. The number of aryl methyl sites for hydroxylation is 1. The minimum absolute atomic E-state index is 0.149. The van der Waals surface area contributed by atoms with Gasteiger partial charge in [-0.3, -0.25) is 9.59 Å². The lowest BCUT2D eigenvalue weighted by Gasteiger charge is -2.13. The van der Waals surface area contributed by atoms with Gasteiger partial charge in [0.2, 0.25) is 5.91 Å². The van der Waals surface area contributed by atoms with Gasteiger partial charge in [0.25, 0.3) is 5.91 Å². The summed E-state index contributed by atoms with van der Waals surface area (Å²) in [6.07, 6.45) is 0.877. The second-order valence-electron chi connectivity index (χ2n) is 5.04. The Hall–Kier alpha value is -1.88. The van der Waals surface area contributed by atoms with E-state index in [1.807, 2.05) is 38.1 Å². The zero-order chi connectivity index (χ0) is 15.4. The predicted molar refractivity (Wildman–Crippen MR) is 86.8 cm³/mol. The van der Waals surface area contributed by atoms with Crippen LogP contribution >= 0.6 is 11.3 Å². The summed E-state index contributed by atoms with van der Waals surface area (Å²) in [5.74, 6) is -0.336. The minimum atomic E-state index is -0.534. The molecule has 0 aliphatic rings. The number of amides is 2. The lowest BCUT2D eigenvalue weighted by Crippen LogP contribution is -2.44. The number of carbonyl (C=O) groups is 2. The number of fused-ring (bicyclic) bond motifs is 1. The standard InChI is InChI=1S/C16H20N2O2S/c1-4-9-17-15(19)11(3)18-16(20)14-10(2)12-7-5-6-8-13(12)21-14/h5-8,11H,4,9H2,1-3H3,(H,17,19)(H,18,20)/t11-/m1/s1. The molecule has 2 N–H and O–H groups in total. The van der Waals surface area contributed by atoms with Gasteiger partial charge in [-0.2, -0.15) is 0 Å². The SMILES string of the molecule is CCCNC(=O)[C@@H](C)NC(=O)c1sc2ccccc2c1C. The molecular weight excluding hydrogens is 284 g/mol. The molecular formula is C16H20N2O2S. The summed E-state index contributed by atoms with van der Waals surface area (Å²) >= 11 is 1.46. The number of carbonyl (C=O) groups excluding carboxylic acids is 2. The fourth-order valence-electron chi connectivity index (χ4n) is 2.12. The fourth-order valence-corrected chi connectivity index (χ4v) is 3.23. The van der Waals surface area contributed by atoms with E-state index in [2.05, 4.69) is 10.6 Å². The molecule has 4 nitrogen and oxygen atoms in total. The van der Waals surface area contributed by atoms with Crippen molar-refractivity contribution < 1.29 is 9.59 Å². The van der Waals surface area contributed by atoms with Crippen molar-refractivity contribution in [2.75, 3.05) is 6.54 Å². The van der Waals surface area contributed by atoms with Crippen LogP contribution in [0, 0.1) is 6.92 Å². The Labute approximate surface area is 128 Å². The van der Waals surface area contributed by atoms with E-state index in [1.165, 1.54) is 11.3 Å². The quantitative estimate of drug-likeness (QED) is 0.892. The van der Waals surface area contributed by atoms with Crippen LogP contribution in [-0.2, 0) is 4.79 Å². The number of thiophene rings is 1. The van der Waals surface area contributed by atoms with E-state index in [4.69, 9.17) is 0 Å². The molecule has 2 amide bonds. The molecule has 1 aromatic heterocycles. The number of rotatable bonds is 5. The third kappa shape index (κ3) is 3.42. The number of hydrogen-bond acceptors (Lipinski definition) is 3. The normalized spacial score (nSPS) is 12.1. The second-order valence-corrected chi connectivity index (χ2v) is 6.09. The highest BCUT2D eigenvalue weighted by Gasteiger charge is 2.20. The molecule has 0 aliphatic heterocycles. The average Bonchev–Trinajstić information content (AvgIpc) is 2.82. The summed E-state index contributed by atoms with van der Waals surface area (Å²) in [4.78, 5) is 24.8. The summed E-state index contributed by atoms with van der Waals surface area (Å²) < 4.78 is 1.09. The summed E-state index contributed by atoms with van der Waals surface area (Å²) in [6, 6.07) is 7.40. The third-order valence-corrected chi connectivity index (χ3v) is 4.61. The Kier molecular flexibility index (Phi) is 4.96. The molecule has 0 spiro atoms. The van der Waals surface area contributed by atoms with Crippen LogP contribution in [0.1, 0.15) is 35.5 Å². The minimum Gasteiger partial charge on any atom is -0.354 e. The highest BCUT2D eigenvalue weighted by molar-refractivity contribution is 7.21. The van der Waals surface area contributed by atoms with E-state index in [0.717, 1.165) is 22.1 Å². The highest BCUT2D eigenvalue weighted by Crippen LogP contribution is 2.30. The molecule has 112 valence electrons. The lowest BCUT2D eigenvalue weighted by atomic mass is 10.1. The maximum absolute atomic E-state index is 12.3. The van der Waals surface area contributed by atoms with E-state index in [0.29, 0.717) is 11.4 Å². The highest BCUT2D eigenvalue weighted by atomic mass is 32.1. The molecule has 0 saturated heterocycles. The molecule has 0 bridgehead atoms. The molecule has 2 rings (SSSR count). The Morgan fingerprint density at radius 2 is 2.00 bits per heavy atom. The third-order valence-electron chi connectivity index (χ3n) is 3.34. The van der Waals surface area contributed by atoms with E-state index in [-0.39, 0.29) is 11.8 Å². The number of benzene rings is 1. The van der Waals surface area contributed by atoms with Gasteiger partial charge in [-0.25, -0.2) is 0 Å². The Bertz CT molecular complexity index is 663. The van der Waals surface area contributed by atoms with Crippen molar-refractivity contribution in [3.63, 3.8) is 0 Å². The van der Waals surface area contributed by atoms with E-state index < -0.39 is 6.04 Å². The van der Waals surface area contributed by atoms with Crippen LogP contribution in [0.3, 0.4) is 0 Å². The molecule has 0 aliphatic carbocycles. The van der Waals surface area contributed by atoms with Gasteiger partial charge in [0.1, 0.15) is 6.04 Å². The maximum atomic E-state index is 12.3. The van der Waals surface area contributed by atoms with Gasteiger partial charge in [0.15, 0.2) is 0 Å². The van der Waals surface area contributed by atoms with Crippen molar-refractivity contribution >= 4 is 33.2 Å². The number of hydrogen-bond donors (Lipinski definition) is 2. The van der Waals surface area contributed by atoms with Crippen molar-refractivity contribution in [3.05, 3.63) is 34.7 Å². The van der Waals surface area contributed by atoms with Gasteiger partial charge in [-0.05, 0) is 37.3 Å². The van der Waals surface area contributed by atoms with Crippen LogP contribution in [0.15, 0.2) is 24.3 Å². The van der Waals surface area contributed by atoms with E-state index in [1.54, 1.807) is 6.92 Å². The van der Waals surface area contributed by atoms with Crippen molar-refractivity contribution in [3.8, 4) is 0 Å². The fraction of sp³-hybridized carbons (Fsp3) is 0.375. The van der Waals surface area contributed by atoms with Crippen molar-refractivity contribution in [1.29, 1.82) is 0 Å². The van der Waals surface area contributed by atoms with Gasteiger partial charge < -0.3 is 10.6 Å². The topological polar surface area (TPSA) is 58.2 Å². The predicted octanol–water partition coefficient (Wildman–Crippen LogP) is 2.85. The first kappa shape index (κ1) is 15.5. The lowest BCUT2D eigenvalue weighted by molar-refractivity contribution is -0.122. The second kappa shape index (κ2) is 6.72. The maximum Gasteiger partial charge on any atom is 0.262 e. The first-order valence-electron chi connectivity index (χ1n) is 7.11. The zero-order valence-corrected chi connectivity index (χ0v) is 13.3. The van der Waals surface area contributed by atoms with Crippen LogP contribution in [0.4, 0.5) is 0 Å². The first-order valence-corrected chi connectivity index (χ1v) is 7.93. The molecule has 1 atom stereocenters. The molecule has 1 aromatic carbocycles. The zero-order valence-electron chi connectivity index (χ0n) is 12.5. The smallest absolute Gasteiger partial charge is 0.262 e. The average molecular weight is 304 g/mol. The molecule has 0 unspecified atom stereocenters. The van der Waals surface area contributed by atoms with Crippen LogP contribution in [-0.4, -0.2) is 24.4 Å². The summed E-state index contributed by atoms with van der Waals surface area (Å²) in [7, 11) is 0. The summed E-state index contributed by atoms with van der Waals surface area (Å²) in [6.45, 7) is 6.26. The Morgan fingerprint density at radius 1 is 1.29 bits per heavy atom. The van der Waals surface area contributed by atoms with Gasteiger partial charge >= 0.3 is 0 Å². The van der Waals surface area contributed by atoms with Crippen LogP contribution in [0.5, 0.6) is 0 Å². The van der Waals surface area contributed by atoms with Gasteiger partial charge in [0, 0.05) is 11.2 Å². The van der Waals surface area contributed by atoms with E-state index in [9.17, 15) is 9.59 Å². The number of nitrogens with one attached hydrogen (secondary N) is 2. The summed E-state index contributed by atoms with van der Waals surface area (Å²) in [5, 5.41) is 6.64. The van der Waals surface area contributed by atoms with Crippen LogP contribution in [0.2, 0.25) is 0 Å². The largest absolute Gasteiger partial charge is 0.354 e. The van der Waals surface area contributed by atoms with Gasteiger partial charge in [-0.1, -0.05) is 25.1 Å². The molecule has 21 heavy (non-hydrogen) atoms. The van der Waals surface area contributed by atoms with Gasteiger partial charge in [-0.15, -0.1) is 11.3 Å². The van der Waals surface area contributed by atoms with Crippen molar-refractivity contribution in [2.45, 2.75) is 33.2 Å². The molecule has 0 fully saturated rings. The molecule has 5 heteroatoms.